The minimum absolute atomic E-state index is 0.109. The second kappa shape index (κ2) is 13.1. The van der Waals surface area contributed by atoms with Crippen LogP contribution in [-0.4, -0.2) is 40.9 Å². The third-order valence-electron chi connectivity index (χ3n) is 3.86. The minimum Gasteiger partial charge on any atom is -0.343 e. The number of nitrogens with one attached hydrogen (secondary N) is 1. The molecule has 1 N–H and O–H groups in total. The molecule has 1 fully saturated rings. The summed E-state index contributed by atoms with van der Waals surface area (Å²) in [5.74, 6) is -2.27. The number of amides is 3. The predicted molar refractivity (Wildman–Crippen MR) is 104 cm³/mol. The summed E-state index contributed by atoms with van der Waals surface area (Å²) >= 11 is 0. The number of nitrogens with zero attached hydrogens (tertiary/aromatic N) is 1. The van der Waals surface area contributed by atoms with Crippen LogP contribution < -0.4 is 5.32 Å². The summed E-state index contributed by atoms with van der Waals surface area (Å²) < 4.78 is 37.9. The molecule has 0 aromatic carbocycles. The number of piperidine rings is 1. The van der Waals surface area contributed by atoms with Crippen LogP contribution in [0.15, 0.2) is 23.8 Å². The lowest BCUT2D eigenvalue weighted by Crippen LogP contribution is -2.59. The van der Waals surface area contributed by atoms with Crippen LogP contribution >= 0.6 is 0 Å². The minimum atomic E-state index is -4.54. The van der Waals surface area contributed by atoms with Gasteiger partial charge in [0.2, 0.25) is 5.91 Å². The molecule has 0 aromatic rings. The lowest BCUT2D eigenvalue weighted by atomic mass is 9.98. The standard InChI is InChI=1S/C14H15F3N2O3.3C2H6/c1-3-7-8(4-2)13(22)19(12(7)21)9-5-6-10(14(15,16)17)18-11(9)20;3*1-2/h3,9-10H,1,4-6H2,2H3,(H,18,20);3*1-2H3. The number of carbonyl (C=O) groups excluding carboxylic acids is 3. The van der Waals surface area contributed by atoms with Gasteiger partial charge in [-0.2, -0.15) is 13.2 Å². The molecule has 0 spiro atoms. The molecule has 1 saturated heterocycles. The number of carbonyl (C=O) groups is 3. The fraction of sp³-hybridized carbons (Fsp3) is 0.650. The predicted octanol–water partition coefficient (Wildman–Crippen LogP) is 4.54. The zero-order chi connectivity index (χ0) is 22.7. The molecule has 2 aliphatic rings. The first-order chi connectivity index (χ1) is 13.2. The van der Waals surface area contributed by atoms with E-state index in [1.54, 1.807) is 6.92 Å². The highest BCUT2D eigenvalue weighted by molar-refractivity contribution is 6.22. The van der Waals surface area contributed by atoms with Gasteiger partial charge in [0.25, 0.3) is 11.8 Å². The highest BCUT2D eigenvalue weighted by atomic mass is 19.4. The van der Waals surface area contributed by atoms with Crippen molar-refractivity contribution in [1.82, 2.24) is 10.2 Å². The first-order valence-corrected chi connectivity index (χ1v) is 9.82. The molecule has 28 heavy (non-hydrogen) atoms. The highest BCUT2D eigenvalue weighted by Gasteiger charge is 2.49. The Morgan fingerprint density at radius 3 is 1.86 bits per heavy atom. The van der Waals surface area contributed by atoms with Gasteiger partial charge in [-0.3, -0.25) is 19.3 Å². The van der Waals surface area contributed by atoms with Gasteiger partial charge in [0.15, 0.2) is 0 Å². The molecule has 0 radical (unpaired) electrons. The van der Waals surface area contributed by atoms with E-state index in [4.69, 9.17) is 0 Å². The summed E-state index contributed by atoms with van der Waals surface area (Å²) in [7, 11) is 0. The van der Waals surface area contributed by atoms with Crippen molar-refractivity contribution in [2.24, 2.45) is 0 Å². The van der Waals surface area contributed by atoms with Crippen molar-refractivity contribution in [3.8, 4) is 0 Å². The second-order valence-electron chi connectivity index (χ2n) is 5.13. The monoisotopic (exact) mass is 406 g/mol. The molecular weight excluding hydrogens is 373 g/mol. The maximum atomic E-state index is 12.6. The van der Waals surface area contributed by atoms with Crippen LogP contribution in [0, 0.1) is 0 Å². The van der Waals surface area contributed by atoms with Gasteiger partial charge in [0.05, 0.1) is 0 Å². The Bertz CT molecular complexity index is 584. The topological polar surface area (TPSA) is 66.5 Å². The van der Waals surface area contributed by atoms with Gasteiger partial charge < -0.3 is 5.32 Å². The Kier molecular flexibility index (Phi) is 13.2. The molecule has 0 saturated carbocycles. The Morgan fingerprint density at radius 1 is 1.04 bits per heavy atom. The quantitative estimate of drug-likeness (QED) is 0.700. The van der Waals surface area contributed by atoms with E-state index in [0.717, 1.165) is 4.90 Å². The Morgan fingerprint density at radius 2 is 1.54 bits per heavy atom. The van der Waals surface area contributed by atoms with Crippen LogP contribution in [0.3, 0.4) is 0 Å². The molecule has 3 amide bonds. The second-order valence-corrected chi connectivity index (χ2v) is 5.13. The Balaban J connectivity index is 0. The van der Waals surface area contributed by atoms with Crippen LogP contribution in [-0.2, 0) is 14.4 Å². The summed E-state index contributed by atoms with van der Waals surface area (Å²) in [5, 5.41) is 1.84. The first-order valence-electron chi connectivity index (χ1n) is 9.82. The van der Waals surface area contributed by atoms with Gasteiger partial charge >= 0.3 is 6.18 Å². The molecule has 0 aromatic heterocycles. The van der Waals surface area contributed by atoms with E-state index in [0.29, 0.717) is 0 Å². The molecule has 162 valence electrons. The van der Waals surface area contributed by atoms with Gasteiger partial charge in [0, 0.05) is 11.1 Å². The zero-order valence-corrected chi connectivity index (χ0v) is 17.9. The third-order valence-corrected chi connectivity index (χ3v) is 3.86. The van der Waals surface area contributed by atoms with Crippen LogP contribution in [0.5, 0.6) is 0 Å². The van der Waals surface area contributed by atoms with E-state index >= 15 is 0 Å². The number of hydrogen-bond acceptors (Lipinski definition) is 3. The molecule has 2 atom stereocenters. The van der Waals surface area contributed by atoms with Crippen molar-refractivity contribution < 1.29 is 27.6 Å². The van der Waals surface area contributed by atoms with Crippen LogP contribution in [0.2, 0.25) is 0 Å². The fourth-order valence-corrected chi connectivity index (χ4v) is 2.73. The normalized spacial score (nSPS) is 21.5. The van der Waals surface area contributed by atoms with Crippen molar-refractivity contribution in [3.05, 3.63) is 23.8 Å². The maximum Gasteiger partial charge on any atom is 0.408 e. The lowest BCUT2D eigenvalue weighted by Gasteiger charge is -2.34. The van der Waals surface area contributed by atoms with E-state index in [1.807, 2.05) is 46.9 Å². The van der Waals surface area contributed by atoms with Gasteiger partial charge in [-0.1, -0.05) is 61.1 Å². The van der Waals surface area contributed by atoms with E-state index < -0.39 is 36.0 Å². The van der Waals surface area contributed by atoms with Gasteiger partial charge in [0.1, 0.15) is 12.1 Å². The van der Waals surface area contributed by atoms with Gasteiger partial charge in [-0.25, -0.2) is 0 Å². The van der Waals surface area contributed by atoms with E-state index in [9.17, 15) is 27.6 Å². The summed E-state index contributed by atoms with van der Waals surface area (Å²) in [6, 6.07) is -3.15. The molecule has 0 aliphatic carbocycles. The van der Waals surface area contributed by atoms with E-state index in [2.05, 4.69) is 6.58 Å². The summed E-state index contributed by atoms with van der Waals surface area (Å²) in [4.78, 5) is 37.1. The first kappa shape index (κ1) is 28.1. The van der Waals surface area contributed by atoms with Crippen molar-refractivity contribution in [2.75, 3.05) is 0 Å². The van der Waals surface area contributed by atoms with Crippen LogP contribution in [0.4, 0.5) is 13.2 Å². The van der Waals surface area contributed by atoms with Crippen molar-refractivity contribution >= 4 is 17.7 Å². The zero-order valence-electron chi connectivity index (χ0n) is 17.9. The molecular formula is C20H33F3N2O3. The smallest absolute Gasteiger partial charge is 0.343 e. The van der Waals surface area contributed by atoms with Crippen LogP contribution in [0.25, 0.3) is 0 Å². The van der Waals surface area contributed by atoms with Crippen molar-refractivity contribution in [3.63, 3.8) is 0 Å². The maximum absolute atomic E-state index is 12.6. The van der Waals surface area contributed by atoms with Gasteiger partial charge in [-0.05, 0) is 19.3 Å². The van der Waals surface area contributed by atoms with Gasteiger partial charge in [-0.15, -0.1) is 0 Å². The van der Waals surface area contributed by atoms with Crippen LogP contribution in [0.1, 0.15) is 67.7 Å². The highest BCUT2D eigenvalue weighted by Crippen LogP contribution is 2.32. The summed E-state index contributed by atoms with van der Waals surface area (Å²) in [5.41, 5.74) is 0.337. The van der Waals surface area contributed by atoms with Crippen molar-refractivity contribution in [1.29, 1.82) is 0 Å². The molecule has 2 rings (SSSR count). The average Bonchev–Trinajstić information content (AvgIpc) is 2.94. The molecule has 0 bridgehead atoms. The van der Waals surface area contributed by atoms with E-state index in [1.165, 1.54) is 6.08 Å². The Hall–Kier alpha value is -2.12. The lowest BCUT2D eigenvalue weighted by molar-refractivity contribution is -0.172. The molecule has 2 aliphatic heterocycles. The molecule has 2 unspecified atom stereocenters. The SMILES string of the molecule is C=CC1=C(CC)C(=O)N(C2CCC(C(F)(F)F)NC2=O)C1=O.CC.CC.CC. The number of hydrogen-bond donors (Lipinski definition) is 1. The summed E-state index contributed by atoms with van der Waals surface area (Å²) in [6.45, 7) is 17.1. The number of alkyl halides is 3. The van der Waals surface area contributed by atoms with E-state index in [-0.39, 0.29) is 30.4 Å². The average molecular weight is 406 g/mol. The molecule has 5 nitrogen and oxygen atoms in total. The number of imide groups is 1. The summed E-state index contributed by atoms with van der Waals surface area (Å²) in [6.07, 6.45) is -3.62. The number of rotatable bonds is 3. The molecule has 2 heterocycles. The Labute approximate surface area is 166 Å². The fourth-order valence-electron chi connectivity index (χ4n) is 2.73. The third kappa shape index (κ3) is 6.21. The number of halogens is 3. The molecule has 8 heteroatoms. The largest absolute Gasteiger partial charge is 0.408 e. The van der Waals surface area contributed by atoms with Crippen molar-refractivity contribution in [2.45, 2.75) is 86.0 Å².